The Morgan fingerprint density at radius 1 is 1.14 bits per heavy atom. The van der Waals surface area contributed by atoms with Crippen molar-refractivity contribution in [2.75, 3.05) is 20.3 Å². The minimum atomic E-state index is -0.646. The maximum Gasteiger partial charge on any atom is 0.261 e. The number of halogens is 1. The number of rotatable bonds is 9. The van der Waals surface area contributed by atoms with E-state index in [1.54, 1.807) is 38.3 Å². The fourth-order valence-electron chi connectivity index (χ4n) is 2.63. The predicted octanol–water partition coefficient (Wildman–Crippen LogP) is 3.28. The van der Waals surface area contributed by atoms with Gasteiger partial charge >= 0.3 is 0 Å². The summed E-state index contributed by atoms with van der Waals surface area (Å²) in [4.78, 5) is 26.7. The Bertz CT molecular complexity index is 795. The molecule has 0 aromatic heterocycles. The summed E-state index contributed by atoms with van der Waals surface area (Å²) in [6, 6.07) is 13.5. The van der Waals surface area contributed by atoms with Crippen molar-refractivity contribution in [1.82, 2.24) is 10.2 Å². The van der Waals surface area contributed by atoms with Crippen LogP contribution in [0.4, 0.5) is 0 Å². The number of carbonyl (C=O) groups excluding carboxylic acids is 2. The lowest BCUT2D eigenvalue weighted by molar-refractivity contribution is -0.142. The molecular weight excluding hydrogens is 380 g/mol. The molecule has 0 fully saturated rings. The molecule has 0 aliphatic rings. The summed E-state index contributed by atoms with van der Waals surface area (Å²) in [5.41, 5.74) is 0.857. The maximum absolute atomic E-state index is 12.9. The van der Waals surface area contributed by atoms with Crippen LogP contribution in [0.5, 0.6) is 11.5 Å². The van der Waals surface area contributed by atoms with Crippen LogP contribution >= 0.6 is 11.6 Å². The van der Waals surface area contributed by atoms with E-state index >= 15 is 0 Å². The summed E-state index contributed by atoms with van der Waals surface area (Å²) >= 11 is 5.86. The van der Waals surface area contributed by atoms with E-state index in [-0.39, 0.29) is 25.0 Å². The van der Waals surface area contributed by atoms with E-state index in [2.05, 4.69) is 5.32 Å². The molecule has 0 unspecified atom stereocenters. The largest absolute Gasteiger partial charge is 0.497 e. The molecular formula is C21H25ClN2O4. The third-order valence-corrected chi connectivity index (χ3v) is 4.43. The van der Waals surface area contributed by atoms with Crippen molar-refractivity contribution in [1.29, 1.82) is 0 Å². The van der Waals surface area contributed by atoms with Crippen LogP contribution in [0.1, 0.15) is 19.4 Å². The van der Waals surface area contributed by atoms with Crippen LogP contribution in [-0.4, -0.2) is 43.0 Å². The van der Waals surface area contributed by atoms with Crippen LogP contribution in [0.15, 0.2) is 48.5 Å². The maximum atomic E-state index is 12.9. The summed E-state index contributed by atoms with van der Waals surface area (Å²) in [5.74, 6) is 0.708. The van der Waals surface area contributed by atoms with Crippen LogP contribution in [0.25, 0.3) is 0 Å². The van der Waals surface area contributed by atoms with Crippen molar-refractivity contribution in [3.63, 3.8) is 0 Å². The van der Waals surface area contributed by atoms with E-state index in [1.165, 1.54) is 4.90 Å². The molecule has 1 atom stereocenters. The molecule has 2 aromatic carbocycles. The Morgan fingerprint density at radius 2 is 1.86 bits per heavy atom. The Kier molecular flexibility index (Phi) is 8.14. The molecule has 2 amide bonds. The van der Waals surface area contributed by atoms with Gasteiger partial charge in [-0.15, -0.1) is 0 Å². The second-order valence-electron chi connectivity index (χ2n) is 6.19. The molecule has 7 heteroatoms. The summed E-state index contributed by atoms with van der Waals surface area (Å²) in [6.07, 6.45) is 0. The van der Waals surface area contributed by atoms with Gasteiger partial charge in [0.2, 0.25) is 5.91 Å². The number of amides is 2. The second kappa shape index (κ2) is 10.6. The zero-order valence-electron chi connectivity index (χ0n) is 16.3. The number of carbonyl (C=O) groups is 2. The third kappa shape index (κ3) is 6.16. The summed E-state index contributed by atoms with van der Waals surface area (Å²) in [5, 5.41) is 3.34. The number of likely N-dealkylation sites (N-methyl/N-ethyl adjacent to an activating group) is 1. The number of methoxy groups -OCH3 is 1. The van der Waals surface area contributed by atoms with Crippen LogP contribution in [-0.2, 0) is 16.1 Å². The molecule has 0 aliphatic carbocycles. The molecule has 28 heavy (non-hydrogen) atoms. The highest BCUT2D eigenvalue weighted by Gasteiger charge is 2.26. The summed E-state index contributed by atoms with van der Waals surface area (Å²) in [6.45, 7) is 4.10. The van der Waals surface area contributed by atoms with Gasteiger partial charge in [-0.3, -0.25) is 9.59 Å². The fraction of sp³-hybridized carbons (Fsp3) is 0.333. The van der Waals surface area contributed by atoms with Crippen molar-refractivity contribution >= 4 is 23.4 Å². The minimum absolute atomic E-state index is 0.185. The average molecular weight is 405 g/mol. The number of nitrogens with zero attached hydrogens (tertiary/aromatic N) is 1. The van der Waals surface area contributed by atoms with Gasteiger partial charge in [0.1, 0.15) is 17.5 Å². The molecule has 6 nitrogen and oxygen atoms in total. The lowest BCUT2D eigenvalue weighted by Crippen LogP contribution is -2.49. The van der Waals surface area contributed by atoms with Gasteiger partial charge < -0.3 is 19.7 Å². The second-order valence-corrected chi connectivity index (χ2v) is 6.62. The Hall–Kier alpha value is -2.73. The highest BCUT2D eigenvalue weighted by atomic mass is 35.5. The molecule has 0 spiro atoms. The Balaban J connectivity index is 2.14. The first kappa shape index (κ1) is 21.6. The van der Waals surface area contributed by atoms with Crippen molar-refractivity contribution in [2.24, 2.45) is 0 Å². The van der Waals surface area contributed by atoms with Crippen LogP contribution in [0.2, 0.25) is 5.02 Å². The first-order chi connectivity index (χ1) is 13.4. The number of benzene rings is 2. The van der Waals surface area contributed by atoms with Crippen LogP contribution < -0.4 is 14.8 Å². The Morgan fingerprint density at radius 3 is 2.50 bits per heavy atom. The molecule has 0 saturated carbocycles. The zero-order chi connectivity index (χ0) is 20.5. The zero-order valence-corrected chi connectivity index (χ0v) is 17.0. The summed E-state index contributed by atoms with van der Waals surface area (Å²) < 4.78 is 10.8. The van der Waals surface area contributed by atoms with Gasteiger partial charge in [0, 0.05) is 18.1 Å². The molecule has 0 heterocycles. The number of hydrogen-bond donors (Lipinski definition) is 1. The first-order valence-electron chi connectivity index (χ1n) is 9.03. The van der Waals surface area contributed by atoms with Gasteiger partial charge in [-0.05, 0) is 55.8 Å². The predicted molar refractivity (Wildman–Crippen MR) is 109 cm³/mol. The van der Waals surface area contributed by atoms with E-state index in [0.717, 1.165) is 5.56 Å². The van der Waals surface area contributed by atoms with Gasteiger partial charge in [0.15, 0.2) is 6.61 Å². The molecule has 0 aliphatic heterocycles. The SMILES string of the molecule is CCNC(=O)[C@H](C)N(Cc1cccc(OC)c1)C(=O)COc1ccc(Cl)cc1. The lowest BCUT2D eigenvalue weighted by Gasteiger charge is -2.28. The third-order valence-electron chi connectivity index (χ3n) is 4.18. The van der Waals surface area contributed by atoms with E-state index in [0.29, 0.717) is 23.1 Å². The number of nitrogens with one attached hydrogen (secondary N) is 1. The number of ether oxygens (including phenoxy) is 2. The van der Waals surface area contributed by atoms with Gasteiger partial charge in [0.25, 0.3) is 5.91 Å². The monoisotopic (exact) mass is 404 g/mol. The molecule has 0 bridgehead atoms. The lowest BCUT2D eigenvalue weighted by atomic mass is 10.1. The normalized spacial score (nSPS) is 11.4. The van der Waals surface area contributed by atoms with E-state index in [4.69, 9.17) is 21.1 Å². The van der Waals surface area contributed by atoms with Crippen molar-refractivity contribution in [3.05, 3.63) is 59.1 Å². The topological polar surface area (TPSA) is 67.9 Å². The molecule has 1 N–H and O–H groups in total. The molecule has 2 rings (SSSR count). The highest BCUT2D eigenvalue weighted by molar-refractivity contribution is 6.30. The van der Waals surface area contributed by atoms with E-state index in [9.17, 15) is 9.59 Å². The van der Waals surface area contributed by atoms with Crippen molar-refractivity contribution in [2.45, 2.75) is 26.4 Å². The fourth-order valence-corrected chi connectivity index (χ4v) is 2.76. The first-order valence-corrected chi connectivity index (χ1v) is 9.40. The summed E-state index contributed by atoms with van der Waals surface area (Å²) in [7, 11) is 1.58. The van der Waals surface area contributed by atoms with E-state index < -0.39 is 6.04 Å². The average Bonchev–Trinajstić information content (AvgIpc) is 2.71. The highest BCUT2D eigenvalue weighted by Crippen LogP contribution is 2.18. The smallest absolute Gasteiger partial charge is 0.261 e. The van der Waals surface area contributed by atoms with Gasteiger partial charge in [0.05, 0.1) is 7.11 Å². The van der Waals surface area contributed by atoms with Crippen molar-refractivity contribution in [3.8, 4) is 11.5 Å². The molecule has 150 valence electrons. The molecule has 0 saturated heterocycles. The molecule has 0 radical (unpaired) electrons. The molecule has 2 aromatic rings. The van der Waals surface area contributed by atoms with E-state index in [1.807, 2.05) is 31.2 Å². The Labute approximate surface area is 170 Å². The van der Waals surface area contributed by atoms with Crippen molar-refractivity contribution < 1.29 is 19.1 Å². The number of hydrogen-bond acceptors (Lipinski definition) is 4. The quantitative estimate of drug-likeness (QED) is 0.696. The van der Waals surface area contributed by atoms with Crippen LogP contribution in [0.3, 0.4) is 0 Å². The van der Waals surface area contributed by atoms with Gasteiger partial charge in [-0.1, -0.05) is 23.7 Å². The van der Waals surface area contributed by atoms with Gasteiger partial charge in [-0.25, -0.2) is 0 Å². The standard InChI is InChI=1S/C21H25ClN2O4/c1-4-23-21(26)15(2)24(13-16-6-5-7-19(12-16)27-3)20(25)14-28-18-10-8-17(22)9-11-18/h5-12,15H,4,13-14H2,1-3H3,(H,23,26)/t15-/m0/s1. The minimum Gasteiger partial charge on any atom is -0.497 e. The van der Waals surface area contributed by atoms with Crippen LogP contribution in [0, 0.1) is 0 Å². The van der Waals surface area contributed by atoms with Gasteiger partial charge in [-0.2, -0.15) is 0 Å².